The van der Waals surface area contributed by atoms with E-state index in [1.54, 1.807) is 0 Å². The topological polar surface area (TPSA) is 81.1 Å². The summed E-state index contributed by atoms with van der Waals surface area (Å²) in [5.41, 5.74) is 13.0. The molecule has 0 aromatic heterocycles. The lowest BCUT2D eigenvalue weighted by atomic mass is 10.0. The van der Waals surface area contributed by atoms with Gasteiger partial charge in [-0.3, -0.25) is 4.79 Å². The van der Waals surface area contributed by atoms with Crippen molar-refractivity contribution in [1.29, 1.82) is 0 Å². The van der Waals surface area contributed by atoms with Gasteiger partial charge in [0.25, 0.3) is 0 Å². The summed E-state index contributed by atoms with van der Waals surface area (Å²) in [6, 6.07) is 6.96. The minimum Gasteiger partial charge on any atom is -0.399 e. The molecule has 1 rings (SSSR count). The normalized spacial score (nSPS) is 12.5. The molecule has 88 valence electrons. The predicted molar refractivity (Wildman–Crippen MR) is 65.5 cm³/mol. The zero-order valence-electron chi connectivity index (χ0n) is 9.73. The van der Waals surface area contributed by atoms with Crippen LogP contribution in [-0.4, -0.2) is 11.9 Å². The molecule has 0 bridgehead atoms. The molecule has 4 heteroatoms. The first kappa shape index (κ1) is 12.5. The van der Waals surface area contributed by atoms with Crippen LogP contribution in [0.15, 0.2) is 24.3 Å². The quantitative estimate of drug-likeness (QED) is 0.660. The molecule has 16 heavy (non-hydrogen) atoms. The third-order valence-corrected chi connectivity index (χ3v) is 2.44. The first-order valence-electron chi connectivity index (χ1n) is 5.38. The van der Waals surface area contributed by atoms with Crippen LogP contribution in [0.25, 0.3) is 0 Å². The number of amides is 1. The van der Waals surface area contributed by atoms with Gasteiger partial charge in [0.15, 0.2) is 0 Å². The van der Waals surface area contributed by atoms with Crippen LogP contribution in [0, 0.1) is 5.92 Å². The second-order valence-electron chi connectivity index (χ2n) is 4.23. The van der Waals surface area contributed by atoms with E-state index >= 15 is 0 Å². The molecule has 0 saturated heterocycles. The van der Waals surface area contributed by atoms with Crippen molar-refractivity contribution in [3.05, 3.63) is 29.8 Å². The summed E-state index contributed by atoms with van der Waals surface area (Å²) < 4.78 is 0. The van der Waals surface area contributed by atoms with Gasteiger partial charge in [-0.2, -0.15) is 0 Å². The van der Waals surface area contributed by atoms with Gasteiger partial charge in [-0.1, -0.05) is 26.0 Å². The SMILES string of the molecule is CC(C)C(N)C(=O)NCc1cccc(N)c1. The van der Waals surface area contributed by atoms with Crippen LogP contribution in [0.4, 0.5) is 5.69 Å². The molecule has 1 amide bonds. The second kappa shape index (κ2) is 5.51. The Bertz CT molecular complexity index is 363. The summed E-state index contributed by atoms with van der Waals surface area (Å²) >= 11 is 0. The van der Waals surface area contributed by atoms with Gasteiger partial charge in [-0.15, -0.1) is 0 Å². The average molecular weight is 221 g/mol. The van der Waals surface area contributed by atoms with Crippen molar-refractivity contribution >= 4 is 11.6 Å². The van der Waals surface area contributed by atoms with Gasteiger partial charge in [0.2, 0.25) is 5.91 Å². The molecule has 1 atom stereocenters. The van der Waals surface area contributed by atoms with Crippen LogP contribution in [0.3, 0.4) is 0 Å². The minimum atomic E-state index is -0.457. The number of hydrogen-bond donors (Lipinski definition) is 3. The molecule has 0 aliphatic heterocycles. The summed E-state index contributed by atoms with van der Waals surface area (Å²) in [6.07, 6.45) is 0. The summed E-state index contributed by atoms with van der Waals surface area (Å²) in [5, 5.41) is 2.79. The molecule has 1 aromatic carbocycles. The molecular weight excluding hydrogens is 202 g/mol. The molecule has 0 radical (unpaired) electrons. The van der Waals surface area contributed by atoms with Crippen molar-refractivity contribution < 1.29 is 4.79 Å². The Morgan fingerprint density at radius 3 is 2.69 bits per heavy atom. The molecule has 1 aromatic rings. The van der Waals surface area contributed by atoms with E-state index in [1.807, 2.05) is 38.1 Å². The molecule has 5 N–H and O–H groups in total. The molecular formula is C12H19N3O. The number of carbonyl (C=O) groups excluding carboxylic acids is 1. The maximum absolute atomic E-state index is 11.6. The number of rotatable bonds is 4. The maximum Gasteiger partial charge on any atom is 0.237 e. The standard InChI is InChI=1S/C12H19N3O/c1-8(2)11(14)12(16)15-7-9-4-3-5-10(13)6-9/h3-6,8,11H,7,13-14H2,1-2H3,(H,15,16). The van der Waals surface area contributed by atoms with Gasteiger partial charge in [0, 0.05) is 12.2 Å². The average Bonchev–Trinajstić information content (AvgIpc) is 2.24. The highest BCUT2D eigenvalue weighted by Gasteiger charge is 2.16. The third kappa shape index (κ3) is 3.55. The van der Waals surface area contributed by atoms with Crippen LogP contribution in [-0.2, 0) is 11.3 Å². The second-order valence-corrected chi connectivity index (χ2v) is 4.23. The lowest BCUT2D eigenvalue weighted by molar-refractivity contribution is -0.123. The first-order valence-corrected chi connectivity index (χ1v) is 5.38. The van der Waals surface area contributed by atoms with Crippen molar-refractivity contribution in [1.82, 2.24) is 5.32 Å². The zero-order valence-corrected chi connectivity index (χ0v) is 9.73. The number of nitrogen functional groups attached to an aromatic ring is 1. The minimum absolute atomic E-state index is 0.127. The van der Waals surface area contributed by atoms with E-state index in [0.29, 0.717) is 12.2 Å². The highest BCUT2D eigenvalue weighted by molar-refractivity contribution is 5.81. The van der Waals surface area contributed by atoms with Gasteiger partial charge in [0.05, 0.1) is 6.04 Å². The zero-order chi connectivity index (χ0) is 12.1. The molecule has 0 spiro atoms. The Morgan fingerprint density at radius 2 is 2.12 bits per heavy atom. The number of anilines is 1. The fourth-order valence-electron chi connectivity index (χ4n) is 1.31. The van der Waals surface area contributed by atoms with Gasteiger partial charge < -0.3 is 16.8 Å². The Labute approximate surface area is 96.0 Å². The molecule has 0 heterocycles. The number of nitrogens with two attached hydrogens (primary N) is 2. The maximum atomic E-state index is 11.6. The molecule has 1 unspecified atom stereocenters. The summed E-state index contributed by atoms with van der Waals surface area (Å²) in [7, 11) is 0. The number of benzene rings is 1. The molecule has 0 aliphatic carbocycles. The van der Waals surface area contributed by atoms with Gasteiger partial charge in [-0.25, -0.2) is 0 Å². The Kier molecular flexibility index (Phi) is 4.31. The smallest absolute Gasteiger partial charge is 0.237 e. The number of hydrogen-bond acceptors (Lipinski definition) is 3. The summed E-state index contributed by atoms with van der Waals surface area (Å²) in [5.74, 6) is 0.0123. The third-order valence-electron chi connectivity index (χ3n) is 2.44. The van der Waals surface area contributed by atoms with Crippen LogP contribution in [0.1, 0.15) is 19.4 Å². The van der Waals surface area contributed by atoms with E-state index in [0.717, 1.165) is 5.56 Å². The molecule has 4 nitrogen and oxygen atoms in total. The Morgan fingerprint density at radius 1 is 1.44 bits per heavy atom. The van der Waals surface area contributed by atoms with E-state index in [1.165, 1.54) is 0 Å². The van der Waals surface area contributed by atoms with Crippen LogP contribution in [0.2, 0.25) is 0 Å². The Balaban J connectivity index is 2.49. The van der Waals surface area contributed by atoms with E-state index in [9.17, 15) is 4.79 Å². The van der Waals surface area contributed by atoms with Crippen molar-refractivity contribution in [3.8, 4) is 0 Å². The van der Waals surface area contributed by atoms with Crippen molar-refractivity contribution in [2.75, 3.05) is 5.73 Å². The van der Waals surface area contributed by atoms with Crippen LogP contribution in [0.5, 0.6) is 0 Å². The first-order chi connectivity index (χ1) is 7.50. The fraction of sp³-hybridized carbons (Fsp3) is 0.417. The Hall–Kier alpha value is -1.55. The highest BCUT2D eigenvalue weighted by atomic mass is 16.2. The molecule has 0 aliphatic rings. The van der Waals surface area contributed by atoms with Crippen molar-refractivity contribution in [2.45, 2.75) is 26.4 Å². The largest absolute Gasteiger partial charge is 0.399 e. The van der Waals surface area contributed by atoms with Crippen LogP contribution < -0.4 is 16.8 Å². The van der Waals surface area contributed by atoms with E-state index in [2.05, 4.69) is 5.32 Å². The van der Waals surface area contributed by atoms with Crippen LogP contribution >= 0.6 is 0 Å². The monoisotopic (exact) mass is 221 g/mol. The van der Waals surface area contributed by atoms with E-state index in [-0.39, 0.29) is 11.8 Å². The molecule has 0 fully saturated rings. The van der Waals surface area contributed by atoms with Crippen molar-refractivity contribution in [2.24, 2.45) is 11.7 Å². The lowest BCUT2D eigenvalue weighted by Crippen LogP contribution is -2.43. The van der Waals surface area contributed by atoms with Gasteiger partial charge in [0.1, 0.15) is 0 Å². The van der Waals surface area contributed by atoms with Gasteiger partial charge >= 0.3 is 0 Å². The molecule has 0 saturated carbocycles. The predicted octanol–water partition coefficient (Wildman–Crippen LogP) is 0.868. The van der Waals surface area contributed by atoms with Gasteiger partial charge in [-0.05, 0) is 23.6 Å². The van der Waals surface area contributed by atoms with E-state index in [4.69, 9.17) is 11.5 Å². The number of nitrogens with one attached hydrogen (secondary N) is 1. The van der Waals surface area contributed by atoms with E-state index < -0.39 is 6.04 Å². The summed E-state index contributed by atoms with van der Waals surface area (Å²) in [6.45, 7) is 4.31. The highest BCUT2D eigenvalue weighted by Crippen LogP contribution is 2.06. The lowest BCUT2D eigenvalue weighted by Gasteiger charge is -2.15. The number of carbonyl (C=O) groups is 1. The fourth-order valence-corrected chi connectivity index (χ4v) is 1.31. The summed E-state index contributed by atoms with van der Waals surface area (Å²) in [4.78, 5) is 11.6. The van der Waals surface area contributed by atoms with Crippen molar-refractivity contribution in [3.63, 3.8) is 0 Å².